The number of phenolic OH excluding ortho intramolecular Hbond substituents is 1. The first-order valence-corrected chi connectivity index (χ1v) is 7.94. The molecule has 0 amide bonds. The molecule has 0 aliphatic carbocycles. The van der Waals surface area contributed by atoms with Crippen molar-refractivity contribution in [2.75, 3.05) is 6.54 Å². The van der Waals surface area contributed by atoms with Crippen LogP contribution in [0.25, 0.3) is 0 Å². The normalized spacial score (nSPS) is 13.3. The summed E-state index contributed by atoms with van der Waals surface area (Å²) in [6.45, 7) is 9.71. The summed E-state index contributed by atoms with van der Waals surface area (Å²) < 4.78 is 13.3. The molecule has 1 aromatic carbocycles. The number of aromatic hydroxyl groups is 1. The summed E-state index contributed by atoms with van der Waals surface area (Å²) in [5.74, 6) is 0.465. The van der Waals surface area contributed by atoms with Crippen molar-refractivity contribution in [1.82, 2.24) is 10.6 Å². The van der Waals surface area contributed by atoms with Crippen LogP contribution in [0, 0.1) is 11.7 Å². The van der Waals surface area contributed by atoms with Crippen LogP contribution in [0.4, 0.5) is 4.39 Å². The molecule has 0 saturated carbocycles. The van der Waals surface area contributed by atoms with Gasteiger partial charge < -0.3 is 15.7 Å². The van der Waals surface area contributed by atoms with Crippen LogP contribution in [0.5, 0.6) is 5.75 Å². The Labute approximate surface area is 132 Å². The summed E-state index contributed by atoms with van der Waals surface area (Å²) in [6, 6.07) is 4.67. The summed E-state index contributed by atoms with van der Waals surface area (Å²) in [5, 5.41) is 15.8. The third kappa shape index (κ3) is 6.78. The van der Waals surface area contributed by atoms with Crippen LogP contribution in [0.2, 0.25) is 0 Å². The van der Waals surface area contributed by atoms with Crippen LogP contribution in [0.15, 0.2) is 23.2 Å². The number of nitrogens with one attached hydrogen (secondary N) is 2. The summed E-state index contributed by atoms with van der Waals surface area (Å²) >= 11 is 0. The zero-order valence-electron chi connectivity index (χ0n) is 14.0. The lowest BCUT2D eigenvalue weighted by atomic mass is 10.0. The Balaban J connectivity index is 2.62. The van der Waals surface area contributed by atoms with E-state index in [1.54, 1.807) is 6.07 Å². The van der Waals surface area contributed by atoms with Gasteiger partial charge in [0.25, 0.3) is 0 Å². The van der Waals surface area contributed by atoms with Gasteiger partial charge in [-0.05, 0) is 50.3 Å². The summed E-state index contributed by atoms with van der Waals surface area (Å²) in [5.41, 5.74) is 0.724. The molecule has 0 aliphatic heterocycles. The zero-order valence-corrected chi connectivity index (χ0v) is 14.0. The average Bonchev–Trinajstić information content (AvgIpc) is 2.46. The van der Waals surface area contributed by atoms with Crippen molar-refractivity contribution in [1.29, 1.82) is 0 Å². The molecule has 0 spiro atoms. The highest BCUT2D eigenvalue weighted by Crippen LogP contribution is 2.16. The molecular formula is C17H28FN3O. The molecule has 0 saturated heterocycles. The molecule has 124 valence electrons. The van der Waals surface area contributed by atoms with E-state index < -0.39 is 5.82 Å². The topological polar surface area (TPSA) is 56.7 Å². The maximum atomic E-state index is 13.3. The van der Waals surface area contributed by atoms with Gasteiger partial charge in [-0.2, -0.15) is 0 Å². The van der Waals surface area contributed by atoms with Crippen LogP contribution in [-0.4, -0.2) is 23.7 Å². The van der Waals surface area contributed by atoms with E-state index >= 15 is 0 Å². The molecule has 0 bridgehead atoms. The Morgan fingerprint density at radius 2 is 2.00 bits per heavy atom. The van der Waals surface area contributed by atoms with Gasteiger partial charge in [0.2, 0.25) is 0 Å². The number of phenols is 1. The van der Waals surface area contributed by atoms with Gasteiger partial charge in [0.15, 0.2) is 17.5 Å². The number of halogens is 1. The lowest BCUT2D eigenvalue weighted by Crippen LogP contribution is -2.42. The number of nitrogens with zero attached hydrogens (tertiary/aromatic N) is 1. The minimum Gasteiger partial charge on any atom is -0.505 e. The van der Waals surface area contributed by atoms with E-state index in [1.165, 1.54) is 12.1 Å². The van der Waals surface area contributed by atoms with Gasteiger partial charge in [0.1, 0.15) is 0 Å². The largest absolute Gasteiger partial charge is 0.505 e. The van der Waals surface area contributed by atoms with Crippen molar-refractivity contribution in [3.05, 3.63) is 29.6 Å². The number of hydrogen-bond acceptors (Lipinski definition) is 2. The second kappa shape index (κ2) is 9.28. The summed E-state index contributed by atoms with van der Waals surface area (Å²) in [6.07, 6.45) is 2.24. The molecule has 4 nitrogen and oxygen atoms in total. The molecule has 22 heavy (non-hydrogen) atoms. The second-order valence-electron chi connectivity index (χ2n) is 6.00. The minimum atomic E-state index is -0.615. The molecule has 1 atom stereocenters. The van der Waals surface area contributed by atoms with E-state index in [1.807, 2.05) is 6.92 Å². The van der Waals surface area contributed by atoms with Gasteiger partial charge in [-0.15, -0.1) is 0 Å². The molecule has 0 radical (unpaired) electrons. The third-order valence-corrected chi connectivity index (χ3v) is 3.34. The van der Waals surface area contributed by atoms with Gasteiger partial charge in [0, 0.05) is 12.6 Å². The van der Waals surface area contributed by atoms with Crippen molar-refractivity contribution in [3.63, 3.8) is 0 Å². The summed E-state index contributed by atoms with van der Waals surface area (Å²) in [4.78, 5) is 4.47. The van der Waals surface area contributed by atoms with Crippen molar-refractivity contribution in [2.24, 2.45) is 10.9 Å². The summed E-state index contributed by atoms with van der Waals surface area (Å²) in [7, 11) is 0. The fraction of sp³-hybridized carbons (Fsp3) is 0.588. The SMILES string of the molecule is CCNC(=NCc1ccc(O)c(F)c1)NC(C)CCC(C)C. The molecule has 5 heteroatoms. The van der Waals surface area contributed by atoms with Crippen molar-refractivity contribution < 1.29 is 9.50 Å². The fourth-order valence-electron chi connectivity index (χ4n) is 2.03. The third-order valence-electron chi connectivity index (χ3n) is 3.34. The Kier molecular flexibility index (Phi) is 7.71. The standard InChI is InChI=1S/C17H28FN3O/c1-5-19-17(21-13(4)7-6-12(2)3)20-11-14-8-9-16(22)15(18)10-14/h8-10,12-13,22H,5-7,11H2,1-4H3,(H2,19,20,21). The molecule has 0 fully saturated rings. The fourth-order valence-corrected chi connectivity index (χ4v) is 2.03. The molecule has 1 unspecified atom stereocenters. The lowest BCUT2D eigenvalue weighted by Gasteiger charge is -2.18. The van der Waals surface area contributed by atoms with Crippen molar-refractivity contribution in [3.8, 4) is 5.75 Å². The second-order valence-corrected chi connectivity index (χ2v) is 6.00. The first kappa shape index (κ1) is 18.3. The van der Waals surface area contributed by atoms with Crippen LogP contribution >= 0.6 is 0 Å². The van der Waals surface area contributed by atoms with Gasteiger partial charge in [-0.1, -0.05) is 19.9 Å². The smallest absolute Gasteiger partial charge is 0.191 e. The zero-order chi connectivity index (χ0) is 16.5. The number of guanidine groups is 1. The highest BCUT2D eigenvalue weighted by atomic mass is 19.1. The number of hydrogen-bond donors (Lipinski definition) is 3. The first-order chi connectivity index (χ1) is 10.4. The molecule has 1 aromatic rings. The van der Waals surface area contributed by atoms with Crippen LogP contribution in [0.3, 0.4) is 0 Å². The molecule has 0 heterocycles. The predicted octanol–water partition coefficient (Wildman–Crippen LogP) is 3.41. The Hall–Kier alpha value is -1.78. The van der Waals surface area contributed by atoms with E-state index in [-0.39, 0.29) is 5.75 Å². The molecule has 0 aliphatic rings. The Morgan fingerprint density at radius 1 is 1.27 bits per heavy atom. The van der Waals surface area contributed by atoms with Gasteiger partial charge in [0.05, 0.1) is 6.54 Å². The monoisotopic (exact) mass is 309 g/mol. The van der Waals surface area contributed by atoms with E-state index in [9.17, 15) is 9.50 Å². The maximum absolute atomic E-state index is 13.3. The van der Waals surface area contributed by atoms with E-state index in [0.29, 0.717) is 18.5 Å². The van der Waals surface area contributed by atoms with Gasteiger partial charge in [-0.3, -0.25) is 0 Å². The van der Waals surface area contributed by atoms with Gasteiger partial charge in [-0.25, -0.2) is 9.38 Å². The van der Waals surface area contributed by atoms with Crippen molar-refractivity contribution >= 4 is 5.96 Å². The predicted molar refractivity (Wildman–Crippen MR) is 89.6 cm³/mol. The Morgan fingerprint density at radius 3 is 2.59 bits per heavy atom. The van der Waals surface area contributed by atoms with Crippen LogP contribution < -0.4 is 10.6 Å². The lowest BCUT2D eigenvalue weighted by molar-refractivity contribution is 0.432. The minimum absolute atomic E-state index is 0.330. The highest BCUT2D eigenvalue weighted by Gasteiger charge is 2.07. The highest BCUT2D eigenvalue weighted by molar-refractivity contribution is 5.80. The van der Waals surface area contributed by atoms with E-state index in [0.717, 1.165) is 30.9 Å². The van der Waals surface area contributed by atoms with E-state index in [4.69, 9.17) is 0 Å². The van der Waals surface area contributed by atoms with E-state index in [2.05, 4.69) is 36.4 Å². The number of benzene rings is 1. The maximum Gasteiger partial charge on any atom is 0.191 e. The Bertz CT molecular complexity index is 489. The number of aliphatic imine (C=N–C) groups is 1. The van der Waals surface area contributed by atoms with Crippen molar-refractivity contribution in [2.45, 2.75) is 53.1 Å². The molecular weight excluding hydrogens is 281 g/mol. The van der Waals surface area contributed by atoms with Crippen LogP contribution in [-0.2, 0) is 6.54 Å². The first-order valence-electron chi connectivity index (χ1n) is 7.94. The van der Waals surface area contributed by atoms with Gasteiger partial charge >= 0.3 is 0 Å². The quantitative estimate of drug-likeness (QED) is 0.534. The average molecular weight is 309 g/mol. The molecule has 3 N–H and O–H groups in total. The molecule has 1 rings (SSSR count). The molecule has 0 aromatic heterocycles. The number of rotatable bonds is 7. The van der Waals surface area contributed by atoms with Crippen LogP contribution in [0.1, 0.15) is 46.1 Å².